The lowest BCUT2D eigenvalue weighted by Gasteiger charge is -2.32. The Hall–Kier alpha value is -0.610. The third kappa shape index (κ3) is 4.58. The van der Waals surface area contributed by atoms with Gasteiger partial charge >= 0.3 is 5.97 Å². The van der Waals surface area contributed by atoms with Crippen LogP contribution in [0.2, 0.25) is 0 Å². The highest BCUT2D eigenvalue weighted by Gasteiger charge is 2.31. The average Bonchev–Trinajstić information content (AvgIpc) is 2.29. The maximum absolute atomic E-state index is 11.3. The molecule has 0 radical (unpaired) electrons. The predicted molar refractivity (Wildman–Crippen MR) is 73.8 cm³/mol. The van der Waals surface area contributed by atoms with E-state index in [1.54, 1.807) is 6.92 Å². The van der Waals surface area contributed by atoms with Crippen LogP contribution in [0.5, 0.6) is 0 Å². The highest BCUT2D eigenvalue weighted by atomic mass is 16.4. The lowest BCUT2D eigenvalue weighted by atomic mass is 9.95. The number of carboxylic acids is 1. The molecule has 0 bridgehead atoms. The first kappa shape index (κ1) is 15.4. The third-order valence-electron chi connectivity index (χ3n) is 3.93. The second-order valence-electron chi connectivity index (χ2n) is 5.82. The van der Waals surface area contributed by atoms with Gasteiger partial charge in [-0.2, -0.15) is 0 Å². The summed E-state index contributed by atoms with van der Waals surface area (Å²) in [7, 11) is 0. The molecule has 0 spiro atoms. The van der Waals surface area contributed by atoms with Crippen LogP contribution < -0.4 is 5.32 Å². The summed E-state index contributed by atoms with van der Waals surface area (Å²) in [6.07, 6.45) is 4.26. The van der Waals surface area contributed by atoms with Gasteiger partial charge in [0.25, 0.3) is 0 Å². The molecule has 2 unspecified atom stereocenters. The van der Waals surface area contributed by atoms with Crippen LogP contribution >= 0.6 is 0 Å². The van der Waals surface area contributed by atoms with Gasteiger partial charge in [-0.25, -0.2) is 0 Å². The minimum atomic E-state index is -0.768. The van der Waals surface area contributed by atoms with Crippen molar-refractivity contribution in [3.63, 3.8) is 0 Å². The Balaban J connectivity index is 2.32. The van der Waals surface area contributed by atoms with Gasteiger partial charge in [-0.05, 0) is 58.2 Å². The fourth-order valence-electron chi connectivity index (χ4n) is 2.81. The van der Waals surface area contributed by atoms with E-state index in [2.05, 4.69) is 17.1 Å². The molecule has 0 saturated carbocycles. The van der Waals surface area contributed by atoms with Gasteiger partial charge in [-0.3, -0.25) is 4.79 Å². The minimum Gasteiger partial charge on any atom is -0.480 e. The summed E-state index contributed by atoms with van der Waals surface area (Å²) < 4.78 is 0. The second-order valence-corrected chi connectivity index (χ2v) is 5.82. The normalized spacial score (nSPS) is 24.7. The van der Waals surface area contributed by atoms with Gasteiger partial charge in [0.1, 0.15) is 5.54 Å². The number of nitrogens with one attached hydrogen (secondary N) is 1. The molecule has 0 aromatic carbocycles. The molecule has 1 heterocycles. The maximum Gasteiger partial charge on any atom is 0.323 e. The Morgan fingerprint density at radius 3 is 2.83 bits per heavy atom. The average molecular weight is 256 g/mol. The summed E-state index contributed by atoms with van der Waals surface area (Å²) in [5, 5.41) is 12.4. The zero-order chi connectivity index (χ0) is 13.6. The fourth-order valence-corrected chi connectivity index (χ4v) is 2.81. The van der Waals surface area contributed by atoms with E-state index in [1.165, 1.54) is 25.9 Å². The number of nitrogens with zero attached hydrogens (tertiary/aromatic N) is 1. The standard InChI is InChI=1S/C14H28N2O2/c1-4-15-14(3,13(17)18)8-6-10-16-9-5-7-12(2)11-16/h12,15H,4-11H2,1-3H3,(H,17,18). The number of rotatable bonds is 7. The lowest BCUT2D eigenvalue weighted by Crippen LogP contribution is -2.49. The Morgan fingerprint density at radius 2 is 2.28 bits per heavy atom. The first-order chi connectivity index (χ1) is 8.48. The molecule has 0 aromatic rings. The Bertz CT molecular complexity index is 271. The molecule has 0 aliphatic carbocycles. The number of piperidine rings is 1. The number of hydrogen-bond acceptors (Lipinski definition) is 3. The summed E-state index contributed by atoms with van der Waals surface area (Å²) in [5.74, 6) is 0.0507. The monoisotopic (exact) mass is 256 g/mol. The van der Waals surface area contributed by atoms with Crippen LogP contribution in [-0.4, -0.2) is 47.7 Å². The highest BCUT2D eigenvalue weighted by Crippen LogP contribution is 2.18. The number of aliphatic carboxylic acids is 1. The molecule has 0 amide bonds. The van der Waals surface area contributed by atoms with Crippen molar-refractivity contribution in [2.45, 2.75) is 52.0 Å². The van der Waals surface area contributed by atoms with Crippen LogP contribution in [0.3, 0.4) is 0 Å². The van der Waals surface area contributed by atoms with E-state index < -0.39 is 11.5 Å². The predicted octanol–water partition coefficient (Wildman–Crippen LogP) is 1.95. The first-order valence-corrected chi connectivity index (χ1v) is 7.18. The van der Waals surface area contributed by atoms with Crippen LogP contribution in [0.4, 0.5) is 0 Å². The maximum atomic E-state index is 11.3. The molecule has 4 nitrogen and oxygen atoms in total. The molecule has 4 heteroatoms. The molecule has 0 aromatic heterocycles. The fraction of sp³-hybridized carbons (Fsp3) is 0.929. The van der Waals surface area contributed by atoms with Gasteiger partial charge in [-0.15, -0.1) is 0 Å². The molecule has 1 aliphatic rings. The topological polar surface area (TPSA) is 52.6 Å². The molecule has 2 N–H and O–H groups in total. The van der Waals surface area contributed by atoms with E-state index in [0.717, 1.165) is 18.9 Å². The molecule has 1 rings (SSSR count). The quantitative estimate of drug-likeness (QED) is 0.731. The van der Waals surface area contributed by atoms with Crippen LogP contribution in [0, 0.1) is 5.92 Å². The molecular formula is C14H28N2O2. The van der Waals surface area contributed by atoms with Gasteiger partial charge in [0.2, 0.25) is 0 Å². The van der Waals surface area contributed by atoms with E-state index in [9.17, 15) is 9.90 Å². The highest BCUT2D eigenvalue weighted by molar-refractivity contribution is 5.78. The summed E-state index contributed by atoms with van der Waals surface area (Å²) in [4.78, 5) is 13.7. The number of hydrogen-bond donors (Lipinski definition) is 2. The number of likely N-dealkylation sites (tertiary alicyclic amines) is 1. The third-order valence-corrected chi connectivity index (χ3v) is 3.93. The van der Waals surface area contributed by atoms with Crippen molar-refractivity contribution in [3.8, 4) is 0 Å². The van der Waals surface area contributed by atoms with E-state index in [-0.39, 0.29) is 0 Å². The van der Waals surface area contributed by atoms with Crippen molar-refractivity contribution in [3.05, 3.63) is 0 Å². The van der Waals surface area contributed by atoms with Crippen molar-refractivity contribution < 1.29 is 9.90 Å². The Kier molecular flexibility index (Phi) is 6.09. The zero-order valence-corrected chi connectivity index (χ0v) is 12.0. The largest absolute Gasteiger partial charge is 0.480 e. The smallest absolute Gasteiger partial charge is 0.323 e. The minimum absolute atomic E-state index is 0.695. The summed E-state index contributed by atoms with van der Waals surface area (Å²) in [6.45, 7) is 10.1. The molecule has 2 atom stereocenters. The number of carboxylic acid groups (broad SMARTS) is 1. The van der Waals surface area contributed by atoms with Crippen LogP contribution in [0.1, 0.15) is 46.5 Å². The van der Waals surface area contributed by atoms with Gasteiger partial charge in [-0.1, -0.05) is 13.8 Å². The molecule has 1 saturated heterocycles. The van der Waals surface area contributed by atoms with E-state index in [1.807, 2.05) is 6.92 Å². The van der Waals surface area contributed by atoms with Crippen LogP contribution in [0.15, 0.2) is 0 Å². The van der Waals surface area contributed by atoms with Crippen molar-refractivity contribution in [2.75, 3.05) is 26.2 Å². The summed E-state index contributed by atoms with van der Waals surface area (Å²) in [5.41, 5.74) is -0.768. The van der Waals surface area contributed by atoms with Gasteiger partial charge in [0.05, 0.1) is 0 Å². The Morgan fingerprint density at radius 1 is 1.56 bits per heavy atom. The number of likely N-dealkylation sites (N-methyl/N-ethyl adjacent to an activating group) is 1. The van der Waals surface area contributed by atoms with Gasteiger partial charge in [0.15, 0.2) is 0 Å². The van der Waals surface area contributed by atoms with Crippen LogP contribution in [0.25, 0.3) is 0 Å². The first-order valence-electron chi connectivity index (χ1n) is 7.18. The van der Waals surface area contributed by atoms with Gasteiger partial charge < -0.3 is 15.3 Å². The SMILES string of the molecule is CCNC(C)(CCCN1CCCC(C)C1)C(=O)O. The molecule has 1 fully saturated rings. The van der Waals surface area contributed by atoms with Crippen molar-refractivity contribution in [2.24, 2.45) is 5.92 Å². The van der Waals surface area contributed by atoms with Crippen molar-refractivity contribution in [1.29, 1.82) is 0 Å². The van der Waals surface area contributed by atoms with Gasteiger partial charge in [0, 0.05) is 6.54 Å². The summed E-state index contributed by atoms with van der Waals surface area (Å²) in [6, 6.07) is 0. The second kappa shape index (κ2) is 7.10. The van der Waals surface area contributed by atoms with E-state index >= 15 is 0 Å². The molecule has 106 valence electrons. The molecule has 1 aliphatic heterocycles. The lowest BCUT2D eigenvalue weighted by molar-refractivity contribution is -0.144. The van der Waals surface area contributed by atoms with Crippen molar-refractivity contribution in [1.82, 2.24) is 10.2 Å². The molecular weight excluding hydrogens is 228 g/mol. The van der Waals surface area contributed by atoms with E-state index in [4.69, 9.17) is 0 Å². The summed E-state index contributed by atoms with van der Waals surface area (Å²) >= 11 is 0. The van der Waals surface area contributed by atoms with E-state index in [0.29, 0.717) is 13.0 Å². The zero-order valence-electron chi connectivity index (χ0n) is 12.0. The number of carbonyl (C=O) groups is 1. The van der Waals surface area contributed by atoms with Crippen molar-refractivity contribution >= 4 is 5.97 Å². The Labute approximate surface area is 111 Å². The molecule has 18 heavy (non-hydrogen) atoms. The van der Waals surface area contributed by atoms with Crippen LogP contribution in [-0.2, 0) is 4.79 Å².